The molecule has 3 aromatic carbocycles. The number of anilines is 1. The molecule has 0 unspecified atom stereocenters. The van der Waals surface area contributed by atoms with Crippen LogP contribution >= 0.6 is 11.6 Å². The molecule has 1 aliphatic rings. The van der Waals surface area contributed by atoms with Gasteiger partial charge in [0.25, 0.3) is 0 Å². The summed E-state index contributed by atoms with van der Waals surface area (Å²) in [5.41, 5.74) is 3.20. The van der Waals surface area contributed by atoms with E-state index in [4.69, 9.17) is 21.3 Å². The number of methoxy groups -OCH3 is 1. The van der Waals surface area contributed by atoms with Crippen molar-refractivity contribution in [3.8, 4) is 5.75 Å². The third-order valence-electron chi connectivity index (χ3n) is 4.36. The minimum Gasteiger partial charge on any atom is -0.497 e. The second kappa shape index (κ2) is 7.82. The molecule has 1 aliphatic heterocycles. The summed E-state index contributed by atoms with van der Waals surface area (Å²) in [6.07, 6.45) is 0. The van der Waals surface area contributed by atoms with E-state index in [1.807, 2.05) is 30.3 Å². The van der Waals surface area contributed by atoms with E-state index in [2.05, 4.69) is 10.3 Å². The summed E-state index contributed by atoms with van der Waals surface area (Å²) in [4.78, 5) is 9.35. The van der Waals surface area contributed by atoms with Crippen LogP contribution in [0.25, 0.3) is 0 Å². The molecule has 0 aromatic heterocycles. The number of nitrogens with zero attached hydrogens (tertiary/aromatic N) is 2. The van der Waals surface area contributed by atoms with Crippen LogP contribution in [-0.4, -0.2) is 25.2 Å². The summed E-state index contributed by atoms with van der Waals surface area (Å²) in [6.45, 7) is 0.280. The zero-order valence-electron chi connectivity index (χ0n) is 15.1. The molecule has 4 rings (SSSR count). The van der Waals surface area contributed by atoms with Crippen molar-refractivity contribution in [3.05, 3.63) is 88.7 Å². The van der Waals surface area contributed by atoms with Gasteiger partial charge in [-0.2, -0.15) is 0 Å². The molecule has 140 valence electrons. The molecular formula is C22H17ClFN3O. The van der Waals surface area contributed by atoms with Crippen molar-refractivity contribution < 1.29 is 9.13 Å². The number of hydrogen-bond acceptors (Lipinski definition) is 4. The van der Waals surface area contributed by atoms with Crippen LogP contribution in [0.15, 0.2) is 76.7 Å². The van der Waals surface area contributed by atoms with Crippen molar-refractivity contribution in [3.63, 3.8) is 0 Å². The quantitative estimate of drug-likeness (QED) is 0.640. The highest BCUT2D eigenvalue weighted by Gasteiger charge is 2.19. The van der Waals surface area contributed by atoms with Crippen molar-refractivity contribution in [2.24, 2.45) is 9.98 Å². The number of amidine groups is 1. The molecule has 4 nitrogen and oxygen atoms in total. The van der Waals surface area contributed by atoms with E-state index in [1.54, 1.807) is 37.4 Å². The number of ether oxygens (including phenoxy) is 1. The number of nitrogens with one attached hydrogen (secondary N) is 1. The number of halogens is 2. The molecule has 0 fully saturated rings. The van der Waals surface area contributed by atoms with Gasteiger partial charge in [-0.25, -0.2) is 9.38 Å². The summed E-state index contributed by atoms with van der Waals surface area (Å²) < 4.78 is 19.6. The number of hydrogen-bond donors (Lipinski definition) is 1. The fourth-order valence-electron chi connectivity index (χ4n) is 3.01. The maximum atomic E-state index is 14.4. The molecule has 0 amide bonds. The van der Waals surface area contributed by atoms with Gasteiger partial charge in [0.05, 0.1) is 25.1 Å². The number of rotatable bonds is 3. The lowest BCUT2D eigenvalue weighted by Crippen LogP contribution is -2.15. The van der Waals surface area contributed by atoms with Gasteiger partial charge in [0, 0.05) is 21.8 Å². The largest absolute Gasteiger partial charge is 0.497 e. The van der Waals surface area contributed by atoms with E-state index in [0.29, 0.717) is 33.4 Å². The predicted octanol–water partition coefficient (Wildman–Crippen LogP) is 5.48. The Bertz CT molecular complexity index is 1080. The zero-order chi connectivity index (χ0) is 19.5. The van der Waals surface area contributed by atoms with Gasteiger partial charge in [-0.1, -0.05) is 23.7 Å². The second-order valence-electron chi connectivity index (χ2n) is 6.22. The molecule has 3 aromatic rings. The molecule has 1 N–H and O–H groups in total. The van der Waals surface area contributed by atoms with Gasteiger partial charge in [-0.05, 0) is 54.6 Å². The minimum atomic E-state index is -0.335. The van der Waals surface area contributed by atoms with Crippen LogP contribution in [0.1, 0.15) is 11.1 Å². The Kier molecular flexibility index (Phi) is 5.08. The van der Waals surface area contributed by atoms with Crippen molar-refractivity contribution in [2.75, 3.05) is 19.0 Å². The van der Waals surface area contributed by atoms with Gasteiger partial charge in [0.1, 0.15) is 17.4 Å². The van der Waals surface area contributed by atoms with E-state index in [1.165, 1.54) is 6.07 Å². The minimum absolute atomic E-state index is 0.280. The third kappa shape index (κ3) is 3.75. The van der Waals surface area contributed by atoms with E-state index < -0.39 is 0 Å². The van der Waals surface area contributed by atoms with Gasteiger partial charge in [0.2, 0.25) is 0 Å². The Balaban J connectivity index is 1.74. The lowest BCUT2D eigenvalue weighted by atomic mass is 10.0. The predicted molar refractivity (Wildman–Crippen MR) is 112 cm³/mol. The van der Waals surface area contributed by atoms with Gasteiger partial charge >= 0.3 is 0 Å². The monoisotopic (exact) mass is 393 g/mol. The van der Waals surface area contributed by atoms with Gasteiger partial charge in [-0.15, -0.1) is 0 Å². The summed E-state index contributed by atoms with van der Waals surface area (Å²) in [5, 5.41) is 3.82. The number of benzene rings is 3. The van der Waals surface area contributed by atoms with Crippen molar-refractivity contribution in [1.29, 1.82) is 0 Å². The highest BCUT2D eigenvalue weighted by Crippen LogP contribution is 2.29. The standard InChI is InChI=1S/C22H17ClFN3O/c1-28-16-9-7-15(8-10-16)26-21-13-25-22(17-4-2-3-5-19(17)24)18-12-14(23)6-11-20(18)27-21/h2-12H,13H2,1H3,(H,26,27). The Labute approximate surface area is 167 Å². The maximum Gasteiger partial charge on any atom is 0.132 e. The van der Waals surface area contributed by atoms with E-state index in [9.17, 15) is 4.39 Å². The van der Waals surface area contributed by atoms with Crippen molar-refractivity contribution in [2.45, 2.75) is 0 Å². The summed E-state index contributed by atoms with van der Waals surface area (Å²) in [7, 11) is 1.62. The fraction of sp³-hybridized carbons (Fsp3) is 0.0909. The molecule has 0 saturated heterocycles. The average molecular weight is 394 g/mol. The van der Waals surface area contributed by atoms with E-state index in [-0.39, 0.29) is 12.4 Å². The number of aliphatic imine (C=N–C) groups is 2. The fourth-order valence-corrected chi connectivity index (χ4v) is 3.18. The topological polar surface area (TPSA) is 46.0 Å². The molecule has 0 atom stereocenters. The van der Waals surface area contributed by atoms with Gasteiger partial charge in [-0.3, -0.25) is 4.99 Å². The molecule has 28 heavy (non-hydrogen) atoms. The first-order chi connectivity index (χ1) is 13.6. The van der Waals surface area contributed by atoms with Crippen molar-refractivity contribution >= 4 is 34.5 Å². The molecule has 0 saturated carbocycles. The summed E-state index contributed by atoms with van der Waals surface area (Å²) >= 11 is 6.19. The Hall–Kier alpha value is -3.18. The lowest BCUT2D eigenvalue weighted by molar-refractivity contribution is 0.415. The normalized spacial score (nSPS) is 13.1. The summed E-state index contributed by atoms with van der Waals surface area (Å²) in [6, 6.07) is 19.4. The van der Waals surface area contributed by atoms with E-state index >= 15 is 0 Å². The van der Waals surface area contributed by atoms with Crippen molar-refractivity contribution in [1.82, 2.24) is 0 Å². The third-order valence-corrected chi connectivity index (χ3v) is 4.60. The van der Waals surface area contributed by atoms with Crippen LogP contribution in [0, 0.1) is 5.82 Å². The molecule has 6 heteroatoms. The second-order valence-corrected chi connectivity index (χ2v) is 6.65. The van der Waals surface area contributed by atoms with Gasteiger partial charge < -0.3 is 10.1 Å². The van der Waals surface area contributed by atoms with Crippen LogP contribution in [0.4, 0.5) is 15.8 Å². The Morgan fingerprint density at radius 1 is 1.00 bits per heavy atom. The average Bonchev–Trinajstić information content (AvgIpc) is 2.88. The first kappa shape index (κ1) is 18.2. The van der Waals surface area contributed by atoms with E-state index in [0.717, 1.165) is 11.4 Å². The SMILES string of the molecule is COc1ccc(NC2=Nc3ccc(Cl)cc3C(c3ccccc3F)=NC2)cc1. The maximum absolute atomic E-state index is 14.4. The Morgan fingerprint density at radius 2 is 1.79 bits per heavy atom. The smallest absolute Gasteiger partial charge is 0.132 e. The molecule has 0 radical (unpaired) electrons. The highest BCUT2D eigenvalue weighted by molar-refractivity contribution is 6.31. The molecular weight excluding hydrogens is 377 g/mol. The highest BCUT2D eigenvalue weighted by atomic mass is 35.5. The molecule has 0 aliphatic carbocycles. The first-order valence-electron chi connectivity index (χ1n) is 8.72. The van der Waals surface area contributed by atoms with Crippen LogP contribution in [0.2, 0.25) is 5.02 Å². The first-order valence-corrected chi connectivity index (χ1v) is 9.10. The Morgan fingerprint density at radius 3 is 2.54 bits per heavy atom. The van der Waals surface area contributed by atoms with Crippen LogP contribution in [-0.2, 0) is 0 Å². The van der Waals surface area contributed by atoms with Crippen LogP contribution in [0.3, 0.4) is 0 Å². The zero-order valence-corrected chi connectivity index (χ0v) is 15.9. The molecule has 0 bridgehead atoms. The molecule has 1 heterocycles. The van der Waals surface area contributed by atoms with Crippen LogP contribution < -0.4 is 10.1 Å². The summed E-state index contributed by atoms with van der Waals surface area (Å²) in [5.74, 6) is 1.09. The number of fused-ring (bicyclic) bond motifs is 1. The lowest BCUT2D eigenvalue weighted by Gasteiger charge is -2.09. The van der Waals surface area contributed by atoms with Gasteiger partial charge in [0.15, 0.2) is 0 Å². The van der Waals surface area contributed by atoms with Crippen LogP contribution in [0.5, 0.6) is 5.75 Å². The molecule has 0 spiro atoms.